The van der Waals surface area contributed by atoms with Crippen LogP contribution < -0.4 is 5.32 Å². The second-order valence-electron chi connectivity index (χ2n) is 7.56. The number of halogens is 6. The summed E-state index contributed by atoms with van der Waals surface area (Å²) < 4.78 is 74.8. The van der Waals surface area contributed by atoms with Crippen molar-refractivity contribution in [1.29, 1.82) is 0 Å². The molecule has 3 N–H and O–H groups in total. The molecule has 1 aromatic rings. The van der Waals surface area contributed by atoms with E-state index in [0.717, 1.165) is 38.7 Å². The highest BCUT2D eigenvalue weighted by Gasteiger charge is 2.40. The number of ether oxygens (including phenoxy) is 2. The maximum Gasteiger partial charge on any atom is 0.490 e. The van der Waals surface area contributed by atoms with Crippen molar-refractivity contribution in [1.82, 2.24) is 9.88 Å². The van der Waals surface area contributed by atoms with Crippen molar-refractivity contribution in [3.05, 3.63) is 24.4 Å². The van der Waals surface area contributed by atoms with Crippen LogP contribution in [-0.4, -0.2) is 96.5 Å². The molecular weight excluding hydrogens is 492 g/mol. The molecule has 3 atom stereocenters. The molecular formula is C20H27F6N3O6. The maximum atomic E-state index is 10.6. The predicted octanol–water partition coefficient (Wildman–Crippen LogP) is 2.89. The number of hydrogen-bond acceptors (Lipinski definition) is 7. The van der Waals surface area contributed by atoms with Crippen LogP contribution in [0.5, 0.6) is 0 Å². The van der Waals surface area contributed by atoms with Crippen molar-refractivity contribution in [3.63, 3.8) is 0 Å². The summed E-state index contributed by atoms with van der Waals surface area (Å²) in [4.78, 5) is 24.7. The first kappa shape index (κ1) is 30.4. The summed E-state index contributed by atoms with van der Waals surface area (Å²) in [5, 5.41) is 17.8. The van der Waals surface area contributed by atoms with Crippen molar-refractivity contribution in [3.8, 4) is 0 Å². The van der Waals surface area contributed by atoms with Crippen LogP contribution in [0.3, 0.4) is 0 Å². The van der Waals surface area contributed by atoms with Gasteiger partial charge in [0.2, 0.25) is 0 Å². The summed E-state index contributed by atoms with van der Waals surface area (Å²) in [6.45, 7) is 4.77. The van der Waals surface area contributed by atoms with Crippen LogP contribution in [0, 0.1) is 5.92 Å². The molecule has 3 heterocycles. The predicted molar refractivity (Wildman–Crippen MR) is 110 cm³/mol. The molecule has 2 aliphatic heterocycles. The van der Waals surface area contributed by atoms with Crippen LogP contribution in [-0.2, 0) is 19.1 Å². The van der Waals surface area contributed by atoms with E-state index in [0.29, 0.717) is 18.1 Å². The molecule has 0 radical (unpaired) electrons. The van der Waals surface area contributed by atoms with Crippen LogP contribution >= 0.6 is 0 Å². The molecule has 0 aliphatic carbocycles. The number of methoxy groups -OCH3 is 1. The number of rotatable bonds is 5. The molecule has 0 saturated carbocycles. The second-order valence-corrected chi connectivity index (χ2v) is 7.56. The van der Waals surface area contributed by atoms with Crippen LogP contribution in [0.2, 0.25) is 0 Å². The van der Waals surface area contributed by atoms with E-state index < -0.39 is 24.3 Å². The Morgan fingerprint density at radius 1 is 1.14 bits per heavy atom. The number of anilines is 1. The minimum absolute atomic E-state index is 0.302. The Bertz CT molecular complexity index is 757. The van der Waals surface area contributed by atoms with E-state index in [1.54, 1.807) is 7.11 Å². The number of nitrogens with zero attached hydrogens (tertiary/aromatic N) is 2. The van der Waals surface area contributed by atoms with E-state index in [9.17, 15) is 26.3 Å². The Labute approximate surface area is 197 Å². The van der Waals surface area contributed by atoms with Gasteiger partial charge in [-0.3, -0.25) is 4.90 Å². The molecule has 0 unspecified atom stereocenters. The number of aliphatic carboxylic acids is 2. The van der Waals surface area contributed by atoms with Crippen molar-refractivity contribution in [2.75, 3.05) is 45.3 Å². The lowest BCUT2D eigenvalue weighted by molar-refractivity contribution is -0.193. The lowest BCUT2D eigenvalue weighted by Crippen LogP contribution is -2.58. The van der Waals surface area contributed by atoms with Gasteiger partial charge in [0.05, 0.1) is 18.8 Å². The zero-order valence-electron chi connectivity index (χ0n) is 18.7. The standard InChI is InChI=1S/C16H25N3O2.2C2HF3O2/c1-20-10-8-19-11-13-5-4-9-21-16(13)14(12-19)18-15-6-2-3-7-17-15;2*3-2(4,5)1(6)7/h2-3,6-7,13-14,16H,4-5,8-12H2,1H3,(H,17,18);2*(H,6,7)/t13-,14+,16-;;/m0../s1. The second kappa shape index (κ2) is 14.0. The van der Waals surface area contributed by atoms with E-state index >= 15 is 0 Å². The van der Waals surface area contributed by atoms with Gasteiger partial charge in [0.25, 0.3) is 0 Å². The highest BCUT2D eigenvalue weighted by Crippen LogP contribution is 2.30. The Balaban J connectivity index is 0.000000362. The lowest BCUT2D eigenvalue weighted by atomic mass is 9.85. The minimum atomic E-state index is -5.08. The van der Waals surface area contributed by atoms with Gasteiger partial charge in [0, 0.05) is 39.5 Å². The van der Waals surface area contributed by atoms with E-state index in [4.69, 9.17) is 29.3 Å². The van der Waals surface area contributed by atoms with Gasteiger partial charge in [-0.2, -0.15) is 26.3 Å². The quantitative estimate of drug-likeness (QED) is 0.505. The molecule has 0 spiro atoms. The van der Waals surface area contributed by atoms with Crippen molar-refractivity contribution in [2.24, 2.45) is 5.92 Å². The largest absolute Gasteiger partial charge is 0.490 e. The maximum absolute atomic E-state index is 10.6. The zero-order valence-corrected chi connectivity index (χ0v) is 18.7. The third-order valence-electron chi connectivity index (χ3n) is 4.93. The first-order chi connectivity index (χ1) is 16.3. The number of likely N-dealkylation sites (tertiary alicyclic amines) is 1. The minimum Gasteiger partial charge on any atom is -0.475 e. The average molecular weight is 519 g/mol. The van der Waals surface area contributed by atoms with Crippen LogP contribution in [0.25, 0.3) is 0 Å². The average Bonchev–Trinajstić information content (AvgIpc) is 2.78. The van der Waals surface area contributed by atoms with Crippen molar-refractivity contribution >= 4 is 17.8 Å². The van der Waals surface area contributed by atoms with Gasteiger partial charge in [0.15, 0.2) is 0 Å². The summed E-state index contributed by atoms with van der Waals surface area (Å²) in [7, 11) is 1.76. The topological polar surface area (TPSA) is 121 Å². The molecule has 0 aromatic carbocycles. The Morgan fingerprint density at radius 2 is 1.74 bits per heavy atom. The SMILES string of the molecule is COCCN1C[C@@H]2CCCO[C@@H]2[C@H](Nc2ccccn2)C1.O=C(O)C(F)(F)F.O=C(O)C(F)(F)F. The summed E-state index contributed by atoms with van der Waals surface area (Å²) in [5.41, 5.74) is 0. The van der Waals surface area contributed by atoms with Gasteiger partial charge >= 0.3 is 24.3 Å². The molecule has 35 heavy (non-hydrogen) atoms. The Hall–Kier alpha value is -2.65. The number of carboxylic acids is 2. The molecule has 2 fully saturated rings. The van der Waals surface area contributed by atoms with Gasteiger partial charge in [-0.15, -0.1) is 0 Å². The molecule has 9 nitrogen and oxygen atoms in total. The van der Waals surface area contributed by atoms with Gasteiger partial charge in [0.1, 0.15) is 5.82 Å². The Kier molecular flexibility index (Phi) is 12.2. The normalized spacial score (nSPS) is 22.4. The molecule has 200 valence electrons. The van der Waals surface area contributed by atoms with Crippen molar-refractivity contribution < 1.29 is 55.6 Å². The van der Waals surface area contributed by atoms with Crippen LogP contribution in [0.15, 0.2) is 24.4 Å². The summed E-state index contributed by atoms with van der Waals surface area (Å²) in [6, 6.07) is 6.28. The zero-order chi connectivity index (χ0) is 26.6. The van der Waals surface area contributed by atoms with Crippen LogP contribution in [0.1, 0.15) is 12.8 Å². The third kappa shape index (κ3) is 11.6. The fourth-order valence-electron chi connectivity index (χ4n) is 3.46. The van der Waals surface area contributed by atoms with E-state index in [2.05, 4.69) is 15.2 Å². The lowest BCUT2D eigenvalue weighted by Gasteiger charge is -2.46. The highest BCUT2D eigenvalue weighted by atomic mass is 19.4. The molecule has 0 bridgehead atoms. The molecule has 2 saturated heterocycles. The molecule has 15 heteroatoms. The van der Waals surface area contributed by atoms with Gasteiger partial charge in [-0.05, 0) is 30.9 Å². The van der Waals surface area contributed by atoms with E-state index in [1.165, 1.54) is 12.8 Å². The number of fused-ring (bicyclic) bond motifs is 1. The van der Waals surface area contributed by atoms with Gasteiger partial charge < -0.3 is 25.0 Å². The monoisotopic (exact) mass is 519 g/mol. The third-order valence-corrected chi connectivity index (χ3v) is 4.93. The molecule has 1 aromatic heterocycles. The van der Waals surface area contributed by atoms with Crippen molar-refractivity contribution in [2.45, 2.75) is 37.3 Å². The first-order valence-electron chi connectivity index (χ1n) is 10.4. The number of aromatic nitrogens is 1. The smallest absolute Gasteiger partial charge is 0.475 e. The van der Waals surface area contributed by atoms with E-state index in [-0.39, 0.29) is 0 Å². The molecule has 0 amide bonds. The first-order valence-corrected chi connectivity index (χ1v) is 10.4. The number of nitrogens with one attached hydrogen (secondary N) is 1. The highest BCUT2D eigenvalue weighted by molar-refractivity contribution is 5.73. The molecule has 2 aliphatic rings. The van der Waals surface area contributed by atoms with E-state index in [1.807, 2.05) is 24.4 Å². The number of alkyl halides is 6. The fourth-order valence-corrected chi connectivity index (χ4v) is 3.46. The van der Waals surface area contributed by atoms with Gasteiger partial charge in [-0.1, -0.05) is 6.07 Å². The number of hydrogen-bond donors (Lipinski definition) is 3. The Morgan fingerprint density at radius 3 is 2.23 bits per heavy atom. The number of carbonyl (C=O) groups is 2. The number of piperidine rings is 1. The van der Waals surface area contributed by atoms with Crippen LogP contribution in [0.4, 0.5) is 32.2 Å². The van der Waals surface area contributed by atoms with Gasteiger partial charge in [-0.25, -0.2) is 14.6 Å². The summed E-state index contributed by atoms with van der Waals surface area (Å²) in [5.74, 6) is -3.96. The fraction of sp³-hybridized carbons (Fsp3) is 0.650. The summed E-state index contributed by atoms with van der Waals surface area (Å²) in [6.07, 6.45) is -5.60. The number of pyridine rings is 1. The summed E-state index contributed by atoms with van der Waals surface area (Å²) >= 11 is 0. The number of carboxylic acid groups (broad SMARTS) is 2. The molecule has 3 rings (SSSR count).